The van der Waals surface area contributed by atoms with Crippen LogP contribution in [0.1, 0.15) is 54.9 Å². The summed E-state index contributed by atoms with van der Waals surface area (Å²) in [7, 11) is 0. The first-order valence-corrected chi connectivity index (χ1v) is 7.84. The Morgan fingerprint density at radius 3 is 1.68 bits per heavy atom. The molecule has 116 valence electrons. The lowest BCUT2D eigenvalue weighted by Gasteiger charge is -2.44. The quantitative estimate of drug-likeness (QED) is 0.852. The lowest BCUT2D eigenvalue weighted by atomic mass is 10.0. The molecule has 1 aliphatic heterocycles. The van der Waals surface area contributed by atoms with Crippen molar-refractivity contribution in [3.05, 3.63) is 0 Å². The van der Waals surface area contributed by atoms with Crippen LogP contribution in [0, 0.1) is 5.92 Å². The third kappa shape index (κ3) is 7.28. The van der Waals surface area contributed by atoms with Crippen LogP contribution in [-0.4, -0.2) is 59.3 Å². The van der Waals surface area contributed by atoms with Crippen LogP contribution in [0.5, 0.6) is 0 Å². The van der Waals surface area contributed by atoms with Crippen molar-refractivity contribution in [3.63, 3.8) is 0 Å². The lowest BCUT2D eigenvalue weighted by molar-refractivity contribution is 0.00924. The highest BCUT2D eigenvalue weighted by Gasteiger charge is 2.29. The van der Waals surface area contributed by atoms with E-state index in [1.54, 1.807) is 0 Å². The molecule has 0 spiro atoms. The van der Waals surface area contributed by atoms with Crippen molar-refractivity contribution in [2.75, 3.05) is 32.8 Å². The third-order valence-electron chi connectivity index (χ3n) is 4.10. The minimum absolute atomic E-state index is 0.0525. The fraction of sp³-hybridized carbons (Fsp3) is 1.00. The van der Waals surface area contributed by atoms with Crippen LogP contribution in [0.3, 0.4) is 0 Å². The van der Waals surface area contributed by atoms with Gasteiger partial charge in [0.25, 0.3) is 0 Å². The Kier molecular flexibility index (Phi) is 8.88. The van der Waals surface area contributed by atoms with E-state index >= 15 is 0 Å². The average molecular weight is 272 g/mol. The van der Waals surface area contributed by atoms with Gasteiger partial charge < -0.3 is 5.11 Å². The third-order valence-corrected chi connectivity index (χ3v) is 4.10. The summed E-state index contributed by atoms with van der Waals surface area (Å²) in [4.78, 5) is 4.87. The predicted octanol–water partition coefficient (Wildman–Crippen LogP) is 2.84. The van der Waals surface area contributed by atoms with Crippen molar-refractivity contribution in [2.24, 2.45) is 5.92 Å². The highest BCUT2D eigenvalue weighted by Crippen LogP contribution is 2.16. The van der Waals surface area contributed by atoms with E-state index in [2.05, 4.69) is 58.3 Å². The van der Waals surface area contributed by atoms with Gasteiger partial charge in [0.1, 0.15) is 0 Å². The number of hydrogen-bond acceptors (Lipinski definition) is 3. The van der Waals surface area contributed by atoms with E-state index in [1.165, 1.54) is 6.42 Å². The second-order valence-electron chi connectivity index (χ2n) is 6.89. The summed E-state index contributed by atoms with van der Waals surface area (Å²) in [5.41, 5.74) is -0.0525. The molecular formula is C16H36N2O. The van der Waals surface area contributed by atoms with Crippen molar-refractivity contribution < 1.29 is 5.11 Å². The number of aliphatic hydroxyl groups excluding tert-OH is 1. The van der Waals surface area contributed by atoms with Crippen molar-refractivity contribution >= 4 is 0 Å². The minimum atomic E-state index is -0.0525. The van der Waals surface area contributed by atoms with Gasteiger partial charge in [0.05, 0.1) is 6.61 Å². The largest absolute Gasteiger partial charge is 0.394 e. The maximum absolute atomic E-state index is 9.27. The van der Waals surface area contributed by atoms with Crippen molar-refractivity contribution in [1.29, 1.82) is 0 Å². The SMILES string of the molecule is CC(C)N1CCN(C(C)(C)CO)CC1.CCC(C)C. The van der Waals surface area contributed by atoms with E-state index in [-0.39, 0.29) is 12.1 Å². The molecule has 1 heterocycles. The molecule has 0 amide bonds. The summed E-state index contributed by atoms with van der Waals surface area (Å²) in [6.07, 6.45) is 1.31. The molecule has 3 heteroatoms. The van der Waals surface area contributed by atoms with Crippen molar-refractivity contribution in [3.8, 4) is 0 Å². The summed E-state index contributed by atoms with van der Waals surface area (Å²) in [6.45, 7) is 20.0. The van der Waals surface area contributed by atoms with Crippen LogP contribution in [0.4, 0.5) is 0 Å². The van der Waals surface area contributed by atoms with Gasteiger partial charge in [-0.05, 0) is 33.6 Å². The predicted molar refractivity (Wildman–Crippen MR) is 84.6 cm³/mol. The summed E-state index contributed by atoms with van der Waals surface area (Å²) in [6, 6.07) is 0.648. The van der Waals surface area contributed by atoms with E-state index in [0.29, 0.717) is 6.04 Å². The number of aliphatic hydroxyl groups is 1. The van der Waals surface area contributed by atoms with Gasteiger partial charge in [-0.3, -0.25) is 9.80 Å². The maximum atomic E-state index is 9.27. The smallest absolute Gasteiger partial charge is 0.0610 e. The summed E-state index contributed by atoms with van der Waals surface area (Å²) >= 11 is 0. The molecule has 0 saturated carbocycles. The molecule has 0 aromatic heterocycles. The maximum Gasteiger partial charge on any atom is 0.0610 e. The second kappa shape index (κ2) is 8.93. The molecule has 1 rings (SSSR count). The van der Waals surface area contributed by atoms with Gasteiger partial charge in [-0.2, -0.15) is 0 Å². The Balaban J connectivity index is 0.000000555. The average Bonchev–Trinajstić information content (AvgIpc) is 2.39. The second-order valence-corrected chi connectivity index (χ2v) is 6.89. The molecule has 1 aliphatic rings. The highest BCUT2D eigenvalue weighted by molar-refractivity contribution is 4.85. The van der Waals surface area contributed by atoms with Crippen LogP contribution in [0.2, 0.25) is 0 Å². The van der Waals surface area contributed by atoms with E-state index in [1.807, 2.05) is 0 Å². The van der Waals surface area contributed by atoms with Gasteiger partial charge in [0.2, 0.25) is 0 Å². The molecule has 1 N–H and O–H groups in total. The van der Waals surface area contributed by atoms with E-state index < -0.39 is 0 Å². The zero-order chi connectivity index (χ0) is 15.1. The molecule has 0 aromatic carbocycles. The van der Waals surface area contributed by atoms with Gasteiger partial charge in [-0.1, -0.05) is 27.2 Å². The number of hydrogen-bond donors (Lipinski definition) is 1. The number of nitrogens with zero attached hydrogens (tertiary/aromatic N) is 2. The molecular weight excluding hydrogens is 236 g/mol. The molecule has 0 unspecified atom stereocenters. The number of piperazine rings is 1. The van der Waals surface area contributed by atoms with Crippen LogP contribution >= 0.6 is 0 Å². The molecule has 3 nitrogen and oxygen atoms in total. The summed E-state index contributed by atoms with van der Waals surface area (Å²) in [5.74, 6) is 0.884. The first-order chi connectivity index (χ1) is 8.74. The molecule has 1 saturated heterocycles. The topological polar surface area (TPSA) is 26.7 Å². The van der Waals surface area contributed by atoms with Crippen molar-refractivity contribution in [2.45, 2.75) is 66.5 Å². The summed E-state index contributed by atoms with van der Waals surface area (Å²) < 4.78 is 0. The van der Waals surface area contributed by atoms with Crippen LogP contribution in [0.15, 0.2) is 0 Å². The molecule has 0 aliphatic carbocycles. The Morgan fingerprint density at radius 2 is 1.42 bits per heavy atom. The zero-order valence-corrected chi connectivity index (χ0v) is 14.2. The van der Waals surface area contributed by atoms with E-state index in [9.17, 15) is 5.11 Å². The van der Waals surface area contributed by atoms with Gasteiger partial charge in [0, 0.05) is 37.8 Å². The number of rotatable bonds is 4. The zero-order valence-electron chi connectivity index (χ0n) is 14.2. The first-order valence-electron chi connectivity index (χ1n) is 7.84. The van der Waals surface area contributed by atoms with Crippen LogP contribution in [-0.2, 0) is 0 Å². The lowest BCUT2D eigenvalue weighted by Crippen LogP contribution is -2.57. The molecule has 1 fully saturated rings. The van der Waals surface area contributed by atoms with Crippen LogP contribution < -0.4 is 0 Å². The summed E-state index contributed by atoms with van der Waals surface area (Å²) in [5, 5.41) is 9.27. The molecule has 0 radical (unpaired) electrons. The van der Waals surface area contributed by atoms with Crippen molar-refractivity contribution in [1.82, 2.24) is 9.80 Å². The Labute approximate surface area is 121 Å². The van der Waals surface area contributed by atoms with Crippen LogP contribution in [0.25, 0.3) is 0 Å². The van der Waals surface area contributed by atoms with Gasteiger partial charge in [-0.15, -0.1) is 0 Å². The van der Waals surface area contributed by atoms with Gasteiger partial charge >= 0.3 is 0 Å². The van der Waals surface area contributed by atoms with Gasteiger partial charge in [-0.25, -0.2) is 0 Å². The molecule has 19 heavy (non-hydrogen) atoms. The monoisotopic (exact) mass is 272 g/mol. The van der Waals surface area contributed by atoms with E-state index in [4.69, 9.17) is 0 Å². The highest BCUT2D eigenvalue weighted by atomic mass is 16.3. The van der Waals surface area contributed by atoms with E-state index in [0.717, 1.165) is 32.1 Å². The molecule has 0 aromatic rings. The Morgan fingerprint density at radius 1 is 1.00 bits per heavy atom. The fourth-order valence-electron chi connectivity index (χ4n) is 1.94. The fourth-order valence-corrected chi connectivity index (χ4v) is 1.94. The minimum Gasteiger partial charge on any atom is -0.394 e. The normalized spacial score (nSPS) is 18.6. The Bertz CT molecular complexity index is 219. The molecule has 0 bridgehead atoms. The first kappa shape index (κ1) is 18.9. The Hall–Kier alpha value is -0.120. The van der Waals surface area contributed by atoms with Gasteiger partial charge in [0.15, 0.2) is 0 Å². The molecule has 0 atom stereocenters. The standard InChI is InChI=1S/C11H24N2O.C5H12/c1-10(2)12-5-7-13(8-6-12)11(3,4)9-14;1-4-5(2)3/h10,14H,5-9H2,1-4H3;5H,4H2,1-3H3.